The summed E-state index contributed by atoms with van der Waals surface area (Å²) >= 11 is 0.991. The van der Waals surface area contributed by atoms with Gasteiger partial charge in [-0.25, -0.2) is 0 Å². The quantitative estimate of drug-likeness (QED) is 0.169. The lowest BCUT2D eigenvalue weighted by molar-refractivity contribution is 0.176. The third-order valence-corrected chi connectivity index (χ3v) is 6.92. The lowest BCUT2D eigenvalue weighted by Gasteiger charge is -2.14. The summed E-state index contributed by atoms with van der Waals surface area (Å²) in [5.74, 6) is 0.00582. The topological polar surface area (TPSA) is 118 Å². The highest BCUT2D eigenvalue weighted by molar-refractivity contribution is 7.16. The Balaban J connectivity index is 1.31. The van der Waals surface area contributed by atoms with Crippen LogP contribution in [0.1, 0.15) is 29.2 Å². The molecule has 6 N–H and O–H groups in total. The van der Waals surface area contributed by atoms with Crippen LogP contribution in [0.25, 0.3) is 21.3 Å². The number of hydrogen-bond acceptors (Lipinski definition) is 7. The van der Waals surface area contributed by atoms with Crippen LogP contribution in [0, 0.1) is 0 Å². The molecule has 7 nitrogen and oxygen atoms in total. The fraction of sp³-hybridized carbons (Fsp3) is 0.296. The Labute approximate surface area is 208 Å². The minimum atomic E-state index is -0.783. The van der Waals surface area contributed by atoms with E-state index >= 15 is 0 Å². The van der Waals surface area contributed by atoms with E-state index in [2.05, 4.69) is 52.0 Å². The largest absolute Gasteiger partial charge is 0.506 e. The minimum Gasteiger partial charge on any atom is -0.506 e. The van der Waals surface area contributed by atoms with Crippen molar-refractivity contribution in [1.82, 2.24) is 15.6 Å². The number of H-pyrrole nitrogens is 1. The van der Waals surface area contributed by atoms with Crippen molar-refractivity contribution in [2.75, 3.05) is 26.2 Å². The zero-order chi connectivity index (χ0) is 24.6. The summed E-state index contributed by atoms with van der Waals surface area (Å²) in [5.41, 5.74) is 5.79. The van der Waals surface area contributed by atoms with E-state index in [0.717, 1.165) is 37.3 Å². The minimum absolute atomic E-state index is 0.00582. The summed E-state index contributed by atoms with van der Waals surface area (Å²) in [6, 6.07) is 20.0. The molecule has 4 rings (SSSR count). The Morgan fingerprint density at radius 1 is 0.971 bits per heavy atom. The molecule has 184 valence electrons. The van der Waals surface area contributed by atoms with Crippen molar-refractivity contribution < 1.29 is 15.3 Å². The van der Waals surface area contributed by atoms with Crippen molar-refractivity contribution in [3.8, 4) is 16.9 Å². The van der Waals surface area contributed by atoms with Crippen molar-refractivity contribution in [3.63, 3.8) is 0 Å². The van der Waals surface area contributed by atoms with Gasteiger partial charge in [-0.15, -0.1) is 0 Å². The molecule has 8 heteroatoms. The molecule has 0 amide bonds. The van der Waals surface area contributed by atoms with E-state index < -0.39 is 6.10 Å². The Morgan fingerprint density at radius 2 is 1.77 bits per heavy atom. The number of aromatic nitrogens is 1. The average Bonchev–Trinajstić information content (AvgIpc) is 3.27. The van der Waals surface area contributed by atoms with Gasteiger partial charge in [-0.2, -0.15) is 0 Å². The number of aliphatic hydroxyl groups excluding tert-OH is 2. The molecule has 0 saturated carbocycles. The van der Waals surface area contributed by atoms with Gasteiger partial charge in [0.15, 0.2) is 0 Å². The number of aromatic amines is 1. The van der Waals surface area contributed by atoms with E-state index in [1.54, 1.807) is 6.07 Å². The van der Waals surface area contributed by atoms with Crippen molar-refractivity contribution >= 4 is 21.6 Å². The molecular weight excluding hydrogens is 462 g/mol. The van der Waals surface area contributed by atoms with E-state index in [-0.39, 0.29) is 17.2 Å². The fourth-order valence-corrected chi connectivity index (χ4v) is 5.04. The van der Waals surface area contributed by atoms with Crippen molar-refractivity contribution in [2.45, 2.75) is 25.5 Å². The van der Waals surface area contributed by atoms with E-state index in [4.69, 9.17) is 5.11 Å². The lowest BCUT2D eigenvalue weighted by Crippen LogP contribution is -2.23. The van der Waals surface area contributed by atoms with Crippen LogP contribution < -0.4 is 15.5 Å². The van der Waals surface area contributed by atoms with Crippen LogP contribution >= 0.6 is 11.3 Å². The standard InChI is InChI=1S/C27H31N3O4S/c31-15-3-13-28-16-20-4-1-2-5-21(20)19-8-6-18(7-9-19)12-14-29-17-24(33)22-10-11-23(32)25-26(22)35-27(34)30-25/h1-2,4-11,24,28-29,31-33H,3,12-17H2,(H,30,34)/t24-/m0/s1. The maximum atomic E-state index is 11.7. The highest BCUT2D eigenvalue weighted by atomic mass is 32.1. The van der Waals surface area contributed by atoms with Gasteiger partial charge in [-0.05, 0) is 54.3 Å². The van der Waals surface area contributed by atoms with Crippen molar-refractivity contribution in [3.05, 3.63) is 87.0 Å². The predicted octanol–water partition coefficient (Wildman–Crippen LogP) is 3.30. The van der Waals surface area contributed by atoms with Gasteiger partial charge in [-0.1, -0.05) is 65.9 Å². The molecule has 0 aliphatic heterocycles. The normalized spacial score (nSPS) is 12.3. The van der Waals surface area contributed by atoms with E-state index in [9.17, 15) is 15.0 Å². The maximum absolute atomic E-state index is 11.7. The number of thiazole rings is 1. The van der Waals surface area contributed by atoms with Gasteiger partial charge in [0.2, 0.25) is 0 Å². The van der Waals surface area contributed by atoms with Gasteiger partial charge in [0.25, 0.3) is 0 Å². The number of phenolic OH excluding ortho intramolecular Hbond substituents is 1. The number of aliphatic hydroxyl groups is 2. The summed E-state index contributed by atoms with van der Waals surface area (Å²) < 4.78 is 0.587. The fourth-order valence-electron chi connectivity index (χ4n) is 4.12. The summed E-state index contributed by atoms with van der Waals surface area (Å²) in [4.78, 5) is 14.0. The van der Waals surface area contributed by atoms with Crippen LogP contribution in [0.2, 0.25) is 0 Å². The second-order valence-corrected chi connectivity index (χ2v) is 9.45. The second-order valence-electron chi connectivity index (χ2n) is 8.47. The number of benzene rings is 3. The Bertz CT molecular complexity index is 1300. The third kappa shape index (κ3) is 6.36. The van der Waals surface area contributed by atoms with Crippen molar-refractivity contribution in [1.29, 1.82) is 0 Å². The lowest BCUT2D eigenvalue weighted by atomic mass is 9.98. The number of hydrogen-bond donors (Lipinski definition) is 6. The Kier molecular flexibility index (Phi) is 8.68. The molecule has 1 heterocycles. The first-order valence-corrected chi connectivity index (χ1v) is 12.6. The van der Waals surface area contributed by atoms with Gasteiger partial charge in [0, 0.05) is 25.3 Å². The summed E-state index contributed by atoms with van der Waals surface area (Å²) in [6.45, 7) is 2.79. The van der Waals surface area contributed by atoms with Crippen LogP contribution in [0.5, 0.6) is 5.75 Å². The van der Waals surface area contributed by atoms with Gasteiger partial charge < -0.3 is 30.9 Å². The molecule has 0 fully saturated rings. The molecule has 0 radical (unpaired) electrons. The Hall–Kier alpha value is -3.01. The van der Waals surface area contributed by atoms with E-state index in [1.165, 1.54) is 28.3 Å². The van der Waals surface area contributed by atoms with E-state index in [0.29, 0.717) is 28.9 Å². The molecule has 3 aromatic carbocycles. The van der Waals surface area contributed by atoms with Gasteiger partial charge >= 0.3 is 4.87 Å². The highest BCUT2D eigenvalue weighted by Crippen LogP contribution is 2.31. The number of fused-ring (bicyclic) bond motifs is 1. The van der Waals surface area contributed by atoms with Crippen LogP contribution in [-0.2, 0) is 13.0 Å². The van der Waals surface area contributed by atoms with Crippen molar-refractivity contribution in [2.24, 2.45) is 0 Å². The van der Waals surface area contributed by atoms with Gasteiger partial charge in [0.05, 0.1) is 10.8 Å². The molecule has 0 aliphatic rings. The van der Waals surface area contributed by atoms with Crippen LogP contribution in [0.4, 0.5) is 0 Å². The van der Waals surface area contributed by atoms with Crippen LogP contribution in [-0.4, -0.2) is 46.5 Å². The first-order valence-electron chi connectivity index (χ1n) is 11.8. The highest BCUT2D eigenvalue weighted by Gasteiger charge is 2.16. The molecule has 4 aromatic rings. The SMILES string of the molecule is O=c1[nH]c2c(O)ccc([C@@H](O)CNCCc3ccc(-c4ccccc4CNCCCO)cc3)c2s1. The smallest absolute Gasteiger partial charge is 0.305 e. The molecular formula is C27H31N3O4S. The second kappa shape index (κ2) is 12.1. The molecule has 0 saturated heterocycles. The first kappa shape index (κ1) is 25.1. The number of aromatic hydroxyl groups is 1. The van der Waals surface area contributed by atoms with Gasteiger partial charge in [-0.3, -0.25) is 4.79 Å². The maximum Gasteiger partial charge on any atom is 0.305 e. The number of nitrogens with one attached hydrogen (secondary N) is 3. The summed E-state index contributed by atoms with van der Waals surface area (Å²) in [7, 11) is 0. The molecule has 0 bridgehead atoms. The molecule has 0 spiro atoms. The first-order chi connectivity index (χ1) is 17.1. The molecule has 1 aromatic heterocycles. The molecule has 0 unspecified atom stereocenters. The number of rotatable bonds is 12. The van der Waals surface area contributed by atoms with Gasteiger partial charge in [0.1, 0.15) is 11.3 Å². The zero-order valence-corrected chi connectivity index (χ0v) is 20.3. The number of phenols is 1. The summed E-state index contributed by atoms with van der Waals surface area (Å²) in [5, 5.41) is 36.2. The summed E-state index contributed by atoms with van der Waals surface area (Å²) in [6.07, 6.45) is 0.781. The van der Waals surface area contributed by atoms with Crippen LogP contribution in [0.3, 0.4) is 0 Å². The predicted molar refractivity (Wildman–Crippen MR) is 141 cm³/mol. The zero-order valence-electron chi connectivity index (χ0n) is 19.5. The third-order valence-electron chi connectivity index (χ3n) is 5.98. The molecule has 35 heavy (non-hydrogen) atoms. The van der Waals surface area contributed by atoms with Crippen LogP contribution in [0.15, 0.2) is 65.5 Å². The molecule has 0 aliphatic carbocycles. The van der Waals surface area contributed by atoms with E-state index in [1.807, 2.05) is 12.1 Å². The molecule has 1 atom stereocenters. The Morgan fingerprint density at radius 3 is 2.57 bits per heavy atom. The average molecular weight is 494 g/mol. The monoisotopic (exact) mass is 493 g/mol.